The third kappa shape index (κ3) is 5.35. The maximum atomic E-state index is 11.0. The Balaban J connectivity index is 1.37. The van der Waals surface area contributed by atoms with Crippen LogP contribution in [0.4, 0.5) is 0 Å². The topological polar surface area (TPSA) is 94.1 Å². The summed E-state index contributed by atoms with van der Waals surface area (Å²) in [6.45, 7) is 3.96. The molecule has 0 fully saturated rings. The van der Waals surface area contributed by atoms with Gasteiger partial charge in [0.05, 0.1) is 68.3 Å². The van der Waals surface area contributed by atoms with Gasteiger partial charge in [0, 0.05) is 38.5 Å². The number of hydrogen-bond donors (Lipinski definition) is 0. The van der Waals surface area contributed by atoms with Gasteiger partial charge in [0.2, 0.25) is 0 Å². The highest BCUT2D eigenvalue weighted by atomic mass is 15.1. The number of rotatable bonds is 5. The minimum absolute atomic E-state index is 0.532. The van der Waals surface area contributed by atoms with Crippen LogP contribution in [0, 0.1) is 47.8 Å². The van der Waals surface area contributed by atoms with E-state index in [1.807, 2.05) is 86.6 Å². The lowest BCUT2D eigenvalue weighted by Crippen LogP contribution is -2.06. The van der Waals surface area contributed by atoms with Crippen molar-refractivity contribution in [3.63, 3.8) is 0 Å². The van der Waals surface area contributed by atoms with Gasteiger partial charge in [-0.1, -0.05) is 97.1 Å². The highest BCUT2D eigenvalue weighted by molar-refractivity contribution is 6.13. The number of nitrogens with zero attached hydrogens (tertiary/aromatic N) is 6. The van der Waals surface area contributed by atoms with Crippen molar-refractivity contribution in [3.8, 4) is 63.0 Å². The second-order valence-corrected chi connectivity index (χ2v) is 14.6. The molecule has 10 aromatic rings. The molecule has 0 amide bonds. The van der Waals surface area contributed by atoms with E-state index in [0.29, 0.717) is 16.7 Å². The van der Waals surface area contributed by atoms with Gasteiger partial charge in [-0.25, -0.2) is 0 Å². The minimum Gasteiger partial charge on any atom is -0.307 e. The van der Waals surface area contributed by atoms with Crippen LogP contribution in [0.1, 0.15) is 28.1 Å². The number of hydrogen-bond acceptors (Lipinski definition) is 4. The molecule has 0 aliphatic heterocycles. The predicted octanol–water partition coefficient (Wildman–Crippen LogP) is 12.5. The average Bonchev–Trinajstić information content (AvgIpc) is 3.77. The van der Waals surface area contributed by atoms with E-state index in [1.165, 1.54) is 0 Å². The lowest BCUT2D eigenvalue weighted by atomic mass is 9.97. The molecule has 3 aromatic heterocycles. The van der Waals surface area contributed by atoms with E-state index in [2.05, 4.69) is 117 Å². The van der Waals surface area contributed by atoms with Crippen LogP contribution >= 0.6 is 0 Å². The first-order valence-electron chi connectivity index (χ1n) is 19.1. The van der Waals surface area contributed by atoms with Crippen LogP contribution in [-0.2, 0) is 0 Å². The molecule has 0 bridgehead atoms. The molecule has 6 nitrogen and oxygen atoms in total. The lowest BCUT2D eigenvalue weighted by molar-refractivity contribution is 1.09. The van der Waals surface area contributed by atoms with Crippen LogP contribution in [0.15, 0.2) is 158 Å². The molecule has 3 heterocycles. The summed E-state index contributed by atoms with van der Waals surface area (Å²) in [7, 11) is 0. The van der Waals surface area contributed by atoms with Gasteiger partial charge in [-0.05, 0) is 102 Å². The molecule has 0 saturated carbocycles. The maximum Gasteiger partial charge on any atom is 0.0998 e. The Morgan fingerprint density at radius 3 is 1.31 bits per heavy atom. The molecule has 0 unspecified atom stereocenters. The standard InChI is InChI=1S/C52H32N6/c1-32-23-38(24-33(2)56-32)46-28-52(58-48-18-10-8-16-43(48)45-22-20-35(26-50(45)58)41-14-6-4-12-37(41)30-54)51(27-39(46)31-55)57-47-17-9-7-15-42(47)44-21-19-34(25-49(44)57)40-13-5-3-11-36(40)29-53/h3-28H,1-2H3. The van der Waals surface area contributed by atoms with E-state index >= 15 is 0 Å². The van der Waals surface area contributed by atoms with Crippen molar-refractivity contribution in [2.75, 3.05) is 0 Å². The molecule has 6 heteroatoms. The quantitative estimate of drug-likeness (QED) is 0.175. The second-order valence-electron chi connectivity index (χ2n) is 14.6. The first kappa shape index (κ1) is 34.3. The molecule has 0 spiro atoms. The molecule has 0 radical (unpaired) electrons. The summed E-state index contributed by atoms with van der Waals surface area (Å²) in [5.41, 5.74) is 14.4. The Morgan fingerprint density at radius 2 is 0.810 bits per heavy atom. The Labute approximate surface area is 335 Å². The predicted molar refractivity (Wildman–Crippen MR) is 233 cm³/mol. The molecule has 0 aliphatic rings. The highest BCUT2D eigenvalue weighted by Crippen LogP contribution is 2.43. The van der Waals surface area contributed by atoms with Gasteiger partial charge in [-0.15, -0.1) is 0 Å². The monoisotopic (exact) mass is 740 g/mol. The third-order valence-corrected chi connectivity index (χ3v) is 11.2. The van der Waals surface area contributed by atoms with Gasteiger partial charge in [0.1, 0.15) is 0 Å². The summed E-state index contributed by atoms with van der Waals surface area (Å²) in [5.74, 6) is 0. The zero-order valence-electron chi connectivity index (χ0n) is 31.7. The molecule has 0 saturated heterocycles. The largest absolute Gasteiger partial charge is 0.307 e. The first-order valence-corrected chi connectivity index (χ1v) is 19.1. The number of fused-ring (bicyclic) bond motifs is 6. The SMILES string of the molecule is Cc1cc(-c2cc(-n3c4ccccc4c4ccc(-c5ccccc5C#N)cc43)c(-n3c4ccccc4c4ccc(-c5ccccc5C#N)cc43)cc2C#N)cc(C)n1. The number of nitriles is 3. The molecule has 10 rings (SSSR count). The zero-order valence-corrected chi connectivity index (χ0v) is 31.7. The summed E-state index contributed by atoms with van der Waals surface area (Å²) in [6, 6.07) is 60.5. The molecular formula is C52H32N6. The van der Waals surface area contributed by atoms with E-state index in [0.717, 1.165) is 99.8 Å². The highest BCUT2D eigenvalue weighted by Gasteiger charge is 2.23. The van der Waals surface area contributed by atoms with E-state index < -0.39 is 0 Å². The van der Waals surface area contributed by atoms with Gasteiger partial charge in [-0.2, -0.15) is 15.8 Å². The summed E-state index contributed by atoms with van der Waals surface area (Å²) >= 11 is 0. The Kier molecular flexibility index (Phi) is 7.98. The summed E-state index contributed by atoms with van der Waals surface area (Å²) < 4.78 is 4.57. The Morgan fingerprint density at radius 1 is 0.379 bits per heavy atom. The van der Waals surface area contributed by atoms with E-state index in [4.69, 9.17) is 0 Å². The lowest BCUT2D eigenvalue weighted by Gasteiger charge is -2.20. The van der Waals surface area contributed by atoms with Crippen molar-refractivity contribution in [2.45, 2.75) is 13.8 Å². The van der Waals surface area contributed by atoms with Crippen molar-refractivity contribution >= 4 is 43.6 Å². The van der Waals surface area contributed by atoms with Gasteiger partial charge in [0.15, 0.2) is 0 Å². The van der Waals surface area contributed by atoms with Crippen LogP contribution in [0.5, 0.6) is 0 Å². The average molecular weight is 741 g/mol. The van der Waals surface area contributed by atoms with Crippen molar-refractivity contribution in [1.82, 2.24) is 14.1 Å². The molecule has 0 N–H and O–H groups in total. The van der Waals surface area contributed by atoms with Crippen molar-refractivity contribution in [1.29, 1.82) is 15.8 Å². The fourth-order valence-corrected chi connectivity index (χ4v) is 8.72. The van der Waals surface area contributed by atoms with Crippen LogP contribution < -0.4 is 0 Å². The molecular weight excluding hydrogens is 709 g/mol. The summed E-state index contributed by atoms with van der Waals surface area (Å²) in [5, 5.41) is 35.4. The van der Waals surface area contributed by atoms with Crippen LogP contribution in [0.25, 0.3) is 88.4 Å². The number of aryl methyl sites for hydroxylation is 2. The van der Waals surface area contributed by atoms with Crippen molar-refractivity contribution in [2.24, 2.45) is 0 Å². The van der Waals surface area contributed by atoms with E-state index in [9.17, 15) is 15.8 Å². The number of benzene rings is 7. The molecule has 7 aromatic carbocycles. The minimum atomic E-state index is 0.532. The Hall–Kier alpha value is -8.24. The van der Waals surface area contributed by atoms with Crippen molar-refractivity contribution in [3.05, 3.63) is 186 Å². The molecule has 270 valence electrons. The van der Waals surface area contributed by atoms with Crippen LogP contribution in [-0.4, -0.2) is 14.1 Å². The molecule has 0 aliphatic carbocycles. The molecule has 58 heavy (non-hydrogen) atoms. The van der Waals surface area contributed by atoms with Gasteiger partial charge in [-0.3, -0.25) is 4.98 Å². The second kappa shape index (κ2) is 13.5. The van der Waals surface area contributed by atoms with Crippen LogP contribution in [0.3, 0.4) is 0 Å². The molecule has 0 atom stereocenters. The zero-order chi connectivity index (χ0) is 39.5. The summed E-state index contributed by atoms with van der Waals surface area (Å²) in [4.78, 5) is 4.66. The Bertz CT molecular complexity index is 3450. The fourth-order valence-electron chi connectivity index (χ4n) is 8.72. The van der Waals surface area contributed by atoms with E-state index in [1.54, 1.807) is 0 Å². The summed E-state index contributed by atoms with van der Waals surface area (Å²) in [6.07, 6.45) is 0. The number of aromatic nitrogens is 3. The van der Waals surface area contributed by atoms with Gasteiger partial charge in [0.25, 0.3) is 0 Å². The fraction of sp³-hybridized carbons (Fsp3) is 0.0385. The normalized spacial score (nSPS) is 11.2. The van der Waals surface area contributed by atoms with Crippen molar-refractivity contribution < 1.29 is 0 Å². The third-order valence-electron chi connectivity index (χ3n) is 11.2. The van der Waals surface area contributed by atoms with Crippen LogP contribution in [0.2, 0.25) is 0 Å². The smallest absolute Gasteiger partial charge is 0.0998 e. The van der Waals surface area contributed by atoms with Gasteiger partial charge >= 0.3 is 0 Å². The maximum absolute atomic E-state index is 11.0. The van der Waals surface area contributed by atoms with Gasteiger partial charge < -0.3 is 9.13 Å². The number of pyridine rings is 1. The first-order chi connectivity index (χ1) is 28.4. The van der Waals surface area contributed by atoms with E-state index in [-0.39, 0.29) is 0 Å². The number of para-hydroxylation sites is 2.